The lowest BCUT2D eigenvalue weighted by Gasteiger charge is -2.18. The van der Waals surface area contributed by atoms with Crippen molar-refractivity contribution in [3.63, 3.8) is 0 Å². The van der Waals surface area contributed by atoms with Crippen molar-refractivity contribution < 1.29 is 0 Å². The smallest absolute Gasteiger partial charge is 0.0674 e. The summed E-state index contributed by atoms with van der Waals surface area (Å²) in [5, 5.41) is 4.40. The molecule has 0 fully saturated rings. The van der Waals surface area contributed by atoms with Crippen LogP contribution >= 0.6 is 0 Å². The summed E-state index contributed by atoms with van der Waals surface area (Å²) < 4.78 is 1.97. The maximum atomic E-state index is 4.40. The van der Waals surface area contributed by atoms with E-state index in [-0.39, 0.29) is 5.54 Å². The monoisotopic (exact) mass is 233 g/mol. The van der Waals surface area contributed by atoms with Crippen LogP contribution < -0.4 is 0 Å². The zero-order valence-corrected chi connectivity index (χ0v) is 11.8. The first kappa shape index (κ1) is 13.7. The van der Waals surface area contributed by atoms with Crippen LogP contribution in [0.5, 0.6) is 0 Å². The molecule has 3 heteroatoms. The molecule has 0 N–H and O–H groups in total. The number of allylic oxidation sites excluding steroid dienone is 2. The molecule has 94 valence electrons. The van der Waals surface area contributed by atoms with Crippen LogP contribution in [0.4, 0.5) is 0 Å². The van der Waals surface area contributed by atoms with E-state index in [2.05, 4.69) is 57.0 Å². The van der Waals surface area contributed by atoms with E-state index < -0.39 is 0 Å². The molecule has 1 heterocycles. The normalized spacial score (nSPS) is 14.2. The minimum Gasteiger partial charge on any atom is -0.288 e. The average molecular weight is 233 g/mol. The van der Waals surface area contributed by atoms with Crippen LogP contribution in [0.3, 0.4) is 0 Å². The first-order chi connectivity index (χ1) is 7.88. The van der Waals surface area contributed by atoms with Crippen LogP contribution in [0.25, 0.3) is 0 Å². The molecule has 0 radical (unpaired) electrons. The highest BCUT2D eigenvalue weighted by molar-refractivity contribution is 6.08. The minimum atomic E-state index is 0.0145. The van der Waals surface area contributed by atoms with Gasteiger partial charge in [0.25, 0.3) is 0 Å². The maximum Gasteiger partial charge on any atom is 0.0674 e. The molecule has 0 aliphatic heterocycles. The van der Waals surface area contributed by atoms with E-state index in [1.807, 2.05) is 17.9 Å². The van der Waals surface area contributed by atoms with Gasteiger partial charge in [-0.3, -0.25) is 9.67 Å². The van der Waals surface area contributed by atoms with E-state index in [0.29, 0.717) is 0 Å². The SMILES string of the molecule is CC/C(C)=C\C(=NC)c1cnn(C(C)(C)C)c1. The number of aromatic nitrogens is 2. The van der Waals surface area contributed by atoms with Gasteiger partial charge in [0, 0.05) is 18.8 Å². The van der Waals surface area contributed by atoms with Gasteiger partial charge in [-0.2, -0.15) is 5.10 Å². The lowest BCUT2D eigenvalue weighted by atomic mass is 10.1. The molecule has 3 nitrogen and oxygen atoms in total. The van der Waals surface area contributed by atoms with Gasteiger partial charge in [-0.15, -0.1) is 0 Å². The van der Waals surface area contributed by atoms with Gasteiger partial charge < -0.3 is 0 Å². The minimum absolute atomic E-state index is 0.0145. The van der Waals surface area contributed by atoms with Crippen molar-refractivity contribution in [1.82, 2.24) is 9.78 Å². The summed E-state index contributed by atoms with van der Waals surface area (Å²) in [4.78, 5) is 4.33. The second-order valence-electron chi connectivity index (χ2n) is 5.30. The first-order valence-electron chi connectivity index (χ1n) is 6.08. The van der Waals surface area contributed by atoms with Gasteiger partial charge >= 0.3 is 0 Å². The molecule has 0 saturated heterocycles. The number of hydrogen-bond acceptors (Lipinski definition) is 2. The Morgan fingerprint density at radius 3 is 2.53 bits per heavy atom. The van der Waals surface area contributed by atoms with E-state index in [1.165, 1.54) is 5.57 Å². The fraction of sp³-hybridized carbons (Fsp3) is 0.571. The van der Waals surface area contributed by atoms with Gasteiger partial charge in [-0.05, 0) is 40.2 Å². The van der Waals surface area contributed by atoms with E-state index in [4.69, 9.17) is 0 Å². The summed E-state index contributed by atoms with van der Waals surface area (Å²) in [6.07, 6.45) is 7.12. The molecule has 17 heavy (non-hydrogen) atoms. The predicted molar refractivity (Wildman–Crippen MR) is 73.7 cm³/mol. The topological polar surface area (TPSA) is 30.2 Å². The molecule has 0 bridgehead atoms. The third kappa shape index (κ3) is 3.55. The quantitative estimate of drug-likeness (QED) is 0.736. The molecule has 0 unspecified atom stereocenters. The van der Waals surface area contributed by atoms with Crippen LogP contribution in [0.1, 0.15) is 46.6 Å². The first-order valence-corrected chi connectivity index (χ1v) is 6.08. The van der Waals surface area contributed by atoms with Gasteiger partial charge in [-0.25, -0.2) is 0 Å². The molecule has 1 aromatic heterocycles. The van der Waals surface area contributed by atoms with Crippen LogP contribution in [-0.4, -0.2) is 22.5 Å². The summed E-state index contributed by atoms with van der Waals surface area (Å²) in [7, 11) is 1.82. The summed E-state index contributed by atoms with van der Waals surface area (Å²) in [5.41, 5.74) is 3.42. The van der Waals surface area contributed by atoms with Crippen LogP contribution in [0.2, 0.25) is 0 Å². The molecule has 0 amide bonds. The molecule has 1 rings (SSSR count). The second kappa shape index (κ2) is 5.30. The highest BCUT2D eigenvalue weighted by atomic mass is 15.3. The zero-order valence-electron chi connectivity index (χ0n) is 11.8. The fourth-order valence-corrected chi connectivity index (χ4v) is 1.43. The molecule has 1 aromatic rings. The number of rotatable bonds is 3. The largest absolute Gasteiger partial charge is 0.288 e. The second-order valence-corrected chi connectivity index (χ2v) is 5.30. The van der Waals surface area contributed by atoms with Gasteiger partial charge in [-0.1, -0.05) is 12.5 Å². The standard InChI is InChI=1S/C14H23N3/c1-7-11(2)8-13(15-6)12-9-16-17(10-12)14(3,4)5/h8-10H,7H2,1-6H3/b11-8-,15-13?. The Hall–Kier alpha value is -1.38. The average Bonchev–Trinajstić information content (AvgIpc) is 2.74. The highest BCUT2D eigenvalue weighted by Gasteiger charge is 2.15. The number of aliphatic imine (C=N–C) groups is 1. The molecule has 0 atom stereocenters. The van der Waals surface area contributed by atoms with E-state index in [9.17, 15) is 0 Å². The Kier molecular flexibility index (Phi) is 4.27. The van der Waals surface area contributed by atoms with Gasteiger partial charge in [0.1, 0.15) is 0 Å². The van der Waals surface area contributed by atoms with Crippen LogP contribution in [-0.2, 0) is 5.54 Å². The number of hydrogen-bond donors (Lipinski definition) is 0. The molecule has 0 saturated carbocycles. The molecule has 0 aromatic carbocycles. The van der Waals surface area contributed by atoms with Crippen molar-refractivity contribution in [3.8, 4) is 0 Å². The van der Waals surface area contributed by atoms with Crippen LogP contribution in [0.15, 0.2) is 29.0 Å². The summed E-state index contributed by atoms with van der Waals surface area (Å²) in [5.74, 6) is 0. The third-order valence-electron chi connectivity index (χ3n) is 2.75. The van der Waals surface area contributed by atoms with Crippen molar-refractivity contribution in [3.05, 3.63) is 29.6 Å². The Morgan fingerprint density at radius 2 is 2.12 bits per heavy atom. The van der Waals surface area contributed by atoms with E-state index in [0.717, 1.165) is 17.7 Å². The van der Waals surface area contributed by atoms with Gasteiger partial charge in [0.15, 0.2) is 0 Å². The fourth-order valence-electron chi connectivity index (χ4n) is 1.43. The summed E-state index contributed by atoms with van der Waals surface area (Å²) >= 11 is 0. The Labute approximate surface area is 104 Å². The van der Waals surface area contributed by atoms with E-state index >= 15 is 0 Å². The maximum absolute atomic E-state index is 4.40. The lowest BCUT2D eigenvalue weighted by Crippen LogP contribution is -2.22. The van der Waals surface area contributed by atoms with E-state index in [1.54, 1.807) is 0 Å². The molecular weight excluding hydrogens is 210 g/mol. The van der Waals surface area contributed by atoms with Crippen LogP contribution in [0, 0.1) is 0 Å². The van der Waals surface area contributed by atoms with Crippen molar-refractivity contribution in [2.24, 2.45) is 4.99 Å². The molecular formula is C14H23N3. The Morgan fingerprint density at radius 1 is 1.47 bits per heavy atom. The van der Waals surface area contributed by atoms with Gasteiger partial charge in [0.2, 0.25) is 0 Å². The Bertz CT molecular complexity index is 431. The predicted octanol–water partition coefficient (Wildman–Crippen LogP) is 3.41. The lowest BCUT2D eigenvalue weighted by molar-refractivity contribution is 0.355. The van der Waals surface area contributed by atoms with Crippen molar-refractivity contribution in [2.45, 2.75) is 46.6 Å². The zero-order chi connectivity index (χ0) is 13.1. The Balaban J connectivity index is 3.04. The summed E-state index contributed by atoms with van der Waals surface area (Å²) in [6.45, 7) is 10.7. The van der Waals surface area contributed by atoms with Crippen molar-refractivity contribution in [2.75, 3.05) is 7.05 Å². The summed E-state index contributed by atoms with van der Waals surface area (Å²) in [6, 6.07) is 0. The number of nitrogens with zero attached hydrogens (tertiary/aromatic N) is 3. The van der Waals surface area contributed by atoms with Crippen molar-refractivity contribution >= 4 is 5.71 Å². The highest BCUT2D eigenvalue weighted by Crippen LogP contribution is 2.14. The molecule has 0 aliphatic rings. The molecule has 0 spiro atoms. The van der Waals surface area contributed by atoms with Crippen molar-refractivity contribution in [1.29, 1.82) is 0 Å². The third-order valence-corrected chi connectivity index (χ3v) is 2.75. The van der Waals surface area contributed by atoms with Gasteiger partial charge in [0.05, 0.1) is 17.4 Å². The molecule has 0 aliphatic carbocycles.